The molecule has 0 aliphatic rings. The van der Waals surface area contributed by atoms with Gasteiger partial charge in [-0.2, -0.15) is 0 Å². The molecular weight excluding hydrogens is 499 g/mol. The average molecular weight is 532 g/mol. The number of rotatable bonds is 7. The van der Waals surface area contributed by atoms with Crippen LogP contribution in [0.25, 0.3) is 0 Å². The van der Waals surface area contributed by atoms with Crippen LogP contribution >= 0.6 is 24.0 Å². The van der Waals surface area contributed by atoms with E-state index in [9.17, 15) is 0 Å². The first-order valence-corrected chi connectivity index (χ1v) is 10.4. The zero-order valence-electron chi connectivity index (χ0n) is 19.0. The lowest BCUT2D eigenvalue weighted by Gasteiger charge is -2.19. The molecule has 1 heterocycles. The van der Waals surface area contributed by atoms with Gasteiger partial charge in [0.25, 0.3) is 0 Å². The number of hydrogen-bond donors (Lipinski definition) is 2. The van der Waals surface area contributed by atoms with Crippen LogP contribution in [-0.2, 0) is 20.0 Å². The molecule has 2 aromatic carbocycles. The van der Waals surface area contributed by atoms with Crippen molar-refractivity contribution in [3.8, 4) is 0 Å². The molecular formula is C24H33IN6. The second-order valence-corrected chi connectivity index (χ2v) is 7.84. The Hall–Kier alpha value is -2.42. The third kappa shape index (κ3) is 7.34. The van der Waals surface area contributed by atoms with Gasteiger partial charge >= 0.3 is 0 Å². The third-order valence-electron chi connectivity index (χ3n) is 5.20. The summed E-state index contributed by atoms with van der Waals surface area (Å²) in [5, 5.41) is 15.4. The predicted molar refractivity (Wildman–Crippen MR) is 138 cm³/mol. The monoisotopic (exact) mass is 532 g/mol. The van der Waals surface area contributed by atoms with Crippen molar-refractivity contribution in [3.63, 3.8) is 0 Å². The Balaban J connectivity index is 0.00000341. The lowest BCUT2D eigenvalue weighted by Crippen LogP contribution is -2.39. The maximum absolute atomic E-state index is 4.77. The Labute approximate surface area is 202 Å². The van der Waals surface area contributed by atoms with Crippen molar-refractivity contribution in [1.29, 1.82) is 0 Å². The predicted octanol–water partition coefficient (Wildman–Crippen LogP) is 4.40. The molecule has 0 spiro atoms. The van der Waals surface area contributed by atoms with Gasteiger partial charge in [0.2, 0.25) is 0 Å². The standard InChI is InChI=1S/C24H32N6.HI/c1-17-13-18(2)15-21(14-17)11-12-25-24(26-16-23-29-28-20(4)30(23)5)27-19(3)22-9-7-6-8-10-22;/h6-10,13-15,19H,11-12,16H2,1-5H3,(H2,25,26,27);1H. The van der Waals surface area contributed by atoms with E-state index in [1.807, 2.05) is 24.6 Å². The Morgan fingerprint density at radius 3 is 2.32 bits per heavy atom. The molecule has 0 aliphatic carbocycles. The highest BCUT2D eigenvalue weighted by atomic mass is 127. The first-order chi connectivity index (χ1) is 14.4. The molecule has 3 aromatic rings. The molecule has 31 heavy (non-hydrogen) atoms. The molecule has 166 valence electrons. The van der Waals surface area contributed by atoms with Crippen LogP contribution in [0, 0.1) is 20.8 Å². The minimum atomic E-state index is 0. The molecule has 6 nitrogen and oxygen atoms in total. The lowest BCUT2D eigenvalue weighted by molar-refractivity contribution is 0.675. The number of aliphatic imine (C=N–C) groups is 1. The first-order valence-electron chi connectivity index (χ1n) is 10.4. The van der Waals surface area contributed by atoms with Crippen molar-refractivity contribution in [2.75, 3.05) is 6.54 Å². The molecule has 7 heteroatoms. The fraction of sp³-hybridized carbons (Fsp3) is 0.375. The third-order valence-corrected chi connectivity index (χ3v) is 5.20. The second-order valence-electron chi connectivity index (χ2n) is 7.84. The Morgan fingerprint density at radius 1 is 1.03 bits per heavy atom. The van der Waals surface area contributed by atoms with E-state index in [0.717, 1.165) is 30.6 Å². The van der Waals surface area contributed by atoms with Gasteiger partial charge in [0.1, 0.15) is 12.4 Å². The molecule has 0 amide bonds. The zero-order chi connectivity index (χ0) is 21.5. The van der Waals surface area contributed by atoms with Gasteiger partial charge in [0.05, 0.1) is 6.04 Å². The summed E-state index contributed by atoms with van der Waals surface area (Å²) in [5.74, 6) is 2.50. The van der Waals surface area contributed by atoms with Crippen LogP contribution in [0.15, 0.2) is 53.5 Å². The molecule has 0 radical (unpaired) electrons. The molecule has 1 atom stereocenters. The fourth-order valence-electron chi connectivity index (χ4n) is 3.46. The van der Waals surface area contributed by atoms with Crippen molar-refractivity contribution >= 4 is 29.9 Å². The van der Waals surface area contributed by atoms with Crippen molar-refractivity contribution in [1.82, 2.24) is 25.4 Å². The van der Waals surface area contributed by atoms with Crippen LogP contribution in [0.4, 0.5) is 0 Å². The number of aromatic nitrogens is 3. The highest BCUT2D eigenvalue weighted by molar-refractivity contribution is 14.0. The van der Waals surface area contributed by atoms with E-state index in [1.54, 1.807) is 0 Å². The van der Waals surface area contributed by atoms with Crippen LogP contribution in [0.3, 0.4) is 0 Å². The first kappa shape index (κ1) is 24.8. The van der Waals surface area contributed by atoms with Crippen molar-refractivity contribution in [2.45, 2.75) is 46.7 Å². The summed E-state index contributed by atoms with van der Waals surface area (Å²) in [5.41, 5.74) is 5.15. The number of guanidine groups is 1. The smallest absolute Gasteiger partial charge is 0.192 e. The number of nitrogens with zero attached hydrogens (tertiary/aromatic N) is 4. The van der Waals surface area contributed by atoms with Crippen LogP contribution in [0.1, 0.15) is 46.9 Å². The highest BCUT2D eigenvalue weighted by Crippen LogP contribution is 2.12. The Bertz CT molecular complexity index is 976. The maximum Gasteiger partial charge on any atom is 0.192 e. The van der Waals surface area contributed by atoms with Crippen LogP contribution in [-0.4, -0.2) is 27.3 Å². The van der Waals surface area contributed by atoms with Gasteiger partial charge in [-0.15, -0.1) is 34.2 Å². The largest absolute Gasteiger partial charge is 0.356 e. The molecule has 3 rings (SSSR count). The van der Waals surface area contributed by atoms with Crippen molar-refractivity contribution < 1.29 is 0 Å². The molecule has 2 N–H and O–H groups in total. The molecule has 1 unspecified atom stereocenters. The van der Waals surface area contributed by atoms with Gasteiger partial charge in [-0.3, -0.25) is 0 Å². The van der Waals surface area contributed by atoms with Gasteiger partial charge in [-0.05, 0) is 45.2 Å². The molecule has 1 aromatic heterocycles. The molecule has 0 fully saturated rings. The number of nitrogens with one attached hydrogen (secondary N) is 2. The van der Waals surface area contributed by atoms with E-state index in [-0.39, 0.29) is 30.0 Å². The summed E-state index contributed by atoms with van der Waals surface area (Å²) < 4.78 is 1.97. The Kier molecular flexibility index (Phi) is 9.48. The van der Waals surface area contributed by atoms with Gasteiger partial charge < -0.3 is 15.2 Å². The summed E-state index contributed by atoms with van der Waals surface area (Å²) in [6.45, 7) is 9.64. The zero-order valence-corrected chi connectivity index (χ0v) is 21.3. The fourth-order valence-corrected chi connectivity index (χ4v) is 3.46. The van der Waals surface area contributed by atoms with E-state index >= 15 is 0 Å². The van der Waals surface area contributed by atoms with Gasteiger partial charge in [0.15, 0.2) is 11.8 Å². The van der Waals surface area contributed by atoms with Gasteiger partial charge in [-0.1, -0.05) is 59.7 Å². The molecule has 0 bridgehead atoms. The van der Waals surface area contributed by atoms with E-state index in [4.69, 9.17) is 4.99 Å². The molecule has 0 saturated heterocycles. The van der Waals surface area contributed by atoms with Crippen LogP contribution < -0.4 is 10.6 Å². The van der Waals surface area contributed by atoms with E-state index in [2.05, 4.69) is 84.1 Å². The van der Waals surface area contributed by atoms with Crippen LogP contribution in [0.5, 0.6) is 0 Å². The quantitative estimate of drug-likeness (QED) is 0.269. The summed E-state index contributed by atoms with van der Waals surface area (Å²) in [4.78, 5) is 4.77. The number of hydrogen-bond acceptors (Lipinski definition) is 3. The summed E-state index contributed by atoms with van der Waals surface area (Å²) in [7, 11) is 1.97. The van der Waals surface area contributed by atoms with Gasteiger partial charge in [-0.25, -0.2) is 4.99 Å². The highest BCUT2D eigenvalue weighted by Gasteiger charge is 2.09. The van der Waals surface area contributed by atoms with Crippen molar-refractivity contribution in [3.05, 3.63) is 82.4 Å². The second kappa shape index (κ2) is 11.8. The minimum absolute atomic E-state index is 0. The van der Waals surface area contributed by atoms with E-state index < -0.39 is 0 Å². The summed E-state index contributed by atoms with van der Waals surface area (Å²) in [6.07, 6.45) is 0.937. The number of aryl methyl sites for hydroxylation is 3. The number of benzene rings is 2. The summed E-state index contributed by atoms with van der Waals surface area (Å²) in [6, 6.07) is 17.2. The van der Waals surface area contributed by atoms with Crippen LogP contribution in [0.2, 0.25) is 0 Å². The lowest BCUT2D eigenvalue weighted by atomic mass is 10.1. The normalized spacial score (nSPS) is 12.2. The topological polar surface area (TPSA) is 67.1 Å². The van der Waals surface area contributed by atoms with Gasteiger partial charge in [0, 0.05) is 13.6 Å². The van der Waals surface area contributed by atoms with E-state index in [1.165, 1.54) is 22.3 Å². The Morgan fingerprint density at radius 2 is 1.71 bits per heavy atom. The molecule has 0 saturated carbocycles. The molecule has 0 aliphatic heterocycles. The minimum Gasteiger partial charge on any atom is -0.356 e. The SMILES string of the molecule is Cc1cc(C)cc(CCNC(=NCc2nnc(C)n2C)NC(C)c2ccccc2)c1.I. The van der Waals surface area contributed by atoms with Crippen molar-refractivity contribution in [2.24, 2.45) is 12.0 Å². The maximum atomic E-state index is 4.77. The summed E-state index contributed by atoms with van der Waals surface area (Å²) >= 11 is 0. The average Bonchev–Trinajstić information content (AvgIpc) is 3.04. The number of halogens is 1. The van der Waals surface area contributed by atoms with E-state index in [0.29, 0.717) is 6.54 Å².